The number of likely N-dealkylation sites (tertiary alicyclic amines) is 1. The van der Waals surface area contributed by atoms with Crippen LogP contribution < -0.4 is 17.0 Å². The Labute approximate surface area is 214 Å². The van der Waals surface area contributed by atoms with Crippen molar-refractivity contribution in [2.75, 3.05) is 40.3 Å². The van der Waals surface area contributed by atoms with Gasteiger partial charge in [0.25, 0.3) is 0 Å². The summed E-state index contributed by atoms with van der Waals surface area (Å²) < 4.78 is 7.22. The monoisotopic (exact) mass is 556 g/mol. The molecule has 4 atom stereocenters. The molecule has 3 aliphatic heterocycles. The third kappa shape index (κ3) is 4.31. The van der Waals surface area contributed by atoms with E-state index in [0.717, 1.165) is 54.0 Å². The van der Waals surface area contributed by atoms with Crippen LogP contribution in [0.5, 0.6) is 0 Å². The van der Waals surface area contributed by atoms with Crippen LogP contribution in [0.4, 0.5) is 0 Å². The van der Waals surface area contributed by atoms with E-state index in [2.05, 4.69) is 31.1 Å². The van der Waals surface area contributed by atoms with Gasteiger partial charge in [0.15, 0.2) is 5.76 Å². The van der Waals surface area contributed by atoms with Gasteiger partial charge in [-0.25, -0.2) is 0 Å². The topological polar surface area (TPSA) is 66.7 Å². The zero-order chi connectivity index (χ0) is 22.6. The zero-order valence-corrected chi connectivity index (χ0v) is 22.3. The van der Waals surface area contributed by atoms with Gasteiger partial charge < -0.3 is 26.0 Å². The molecule has 0 radical (unpaired) electrons. The summed E-state index contributed by atoms with van der Waals surface area (Å²) in [5.74, 6) is -0.00414. The summed E-state index contributed by atoms with van der Waals surface area (Å²) in [6.07, 6.45) is 2.82. The van der Waals surface area contributed by atoms with E-state index >= 15 is 0 Å². The Morgan fingerprint density at radius 2 is 2.00 bits per heavy atom. The van der Waals surface area contributed by atoms with Crippen molar-refractivity contribution in [3.8, 4) is 10.6 Å². The number of imide groups is 1. The highest BCUT2D eigenvalue weighted by Crippen LogP contribution is 2.53. The van der Waals surface area contributed by atoms with Crippen molar-refractivity contribution in [3.63, 3.8) is 0 Å². The van der Waals surface area contributed by atoms with Gasteiger partial charge in [-0.2, -0.15) is 0 Å². The molecule has 0 bridgehead atoms. The number of carbonyl (C=O) groups excluding carboxylic acids is 2. The summed E-state index contributed by atoms with van der Waals surface area (Å²) in [5.41, 5.74) is 0.746. The molecule has 2 aromatic heterocycles. The molecule has 0 aliphatic carbocycles. The predicted molar refractivity (Wildman–Crippen MR) is 123 cm³/mol. The molecule has 0 saturated carbocycles. The quantitative estimate of drug-likeness (QED) is 0.370. The summed E-state index contributed by atoms with van der Waals surface area (Å²) in [6.45, 7) is 5.52. The largest absolute Gasteiger partial charge is 1.00 e. The first-order valence-corrected chi connectivity index (χ1v) is 12.7. The fourth-order valence-corrected chi connectivity index (χ4v) is 6.63. The highest BCUT2D eigenvalue weighted by atomic mass is 79.9. The minimum atomic E-state index is -0.369. The molecule has 3 aliphatic rings. The molecule has 2 amide bonds. The normalized spacial score (nSPS) is 27.2. The molecule has 3 fully saturated rings. The molecule has 3 saturated heterocycles. The fourth-order valence-electron chi connectivity index (χ4n) is 5.64. The summed E-state index contributed by atoms with van der Waals surface area (Å²) in [6, 6.07) is 5.58. The summed E-state index contributed by atoms with van der Waals surface area (Å²) in [4.78, 5) is 31.7. The summed E-state index contributed by atoms with van der Waals surface area (Å²) in [7, 11) is 4.36. The van der Waals surface area contributed by atoms with Crippen LogP contribution in [0.1, 0.15) is 37.9 Å². The average Bonchev–Trinajstić information content (AvgIpc) is 3.54. The van der Waals surface area contributed by atoms with Gasteiger partial charge >= 0.3 is 0 Å². The van der Waals surface area contributed by atoms with Gasteiger partial charge in [0.05, 0.1) is 54.3 Å². The Balaban J connectivity index is 0.00000259. The molecule has 7 nitrogen and oxygen atoms in total. The Bertz CT molecular complexity index is 1040. The molecule has 5 heterocycles. The maximum absolute atomic E-state index is 13.5. The third-order valence-electron chi connectivity index (χ3n) is 7.59. The van der Waals surface area contributed by atoms with Gasteiger partial charge in [-0.1, -0.05) is 16.8 Å². The highest BCUT2D eigenvalue weighted by Gasteiger charge is 2.63. The van der Waals surface area contributed by atoms with Crippen LogP contribution >= 0.6 is 22.9 Å². The lowest BCUT2D eigenvalue weighted by atomic mass is 9.86. The van der Waals surface area contributed by atoms with E-state index in [0.29, 0.717) is 16.6 Å². The maximum atomic E-state index is 13.5. The minimum Gasteiger partial charge on any atom is -1.00 e. The van der Waals surface area contributed by atoms with Gasteiger partial charge in [-0.3, -0.25) is 19.4 Å². The average molecular weight is 558 g/mol. The number of fused-ring (bicyclic) bond motifs is 3. The SMILES string of the molecule is CC[N+](C)(C)CCCN1C(=O)[C@@H]2[C@H](C1=O)[C@H](c1cc(-c3ccc(Cl)s3)on1)N1CCC[C@@H]21.[Br-]. The van der Waals surface area contributed by atoms with Gasteiger partial charge in [-0.15, -0.1) is 11.3 Å². The lowest BCUT2D eigenvalue weighted by Crippen LogP contribution is -3.00. The van der Waals surface area contributed by atoms with Crippen molar-refractivity contribution >= 4 is 34.8 Å². The molecular formula is C23H30BrClN4O3S. The number of amides is 2. The molecule has 0 aromatic carbocycles. The van der Waals surface area contributed by atoms with Crippen LogP contribution in [0.25, 0.3) is 10.6 Å². The van der Waals surface area contributed by atoms with Crippen molar-refractivity contribution in [1.82, 2.24) is 15.0 Å². The van der Waals surface area contributed by atoms with E-state index in [1.807, 2.05) is 18.2 Å². The second-order valence-corrected chi connectivity index (χ2v) is 11.5. The third-order valence-corrected chi connectivity index (χ3v) is 8.84. The first-order valence-electron chi connectivity index (χ1n) is 11.5. The number of halogens is 2. The van der Waals surface area contributed by atoms with E-state index in [4.69, 9.17) is 16.1 Å². The molecular weight excluding hydrogens is 528 g/mol. The maximum Gasteiger partial charge on any atom is 0.235 e. The number of thiophene rings is 1. The van der Waals surface area contributed by atoms with E-state index in [9.17, 15) is 9.59 Å². The number of hydrogen-bond donors (Lipinski definition) is 0. The van der Waals surface area contributed by atoms with Crippen LogP contribution in [0.3, 0.4) is 0 Å². The highest BCUT2D eigenvalue weighted by molar-refractivity contribution is 7.19. The number of rotatable bonds is 7. The number of quaternary nitrogens is 1. The standard InChI is InChI=1S/C23H30ClN4O3S.BrH/c1-4-28(2,3)12-6-11-27-22(29)19-15-7-5-10-26(15)21(20(19)23(27)30)14-13-16(31-25-14)17-8-9-18(24)32-17;/h8-9,13,15,19-21H,4-7,10-12H2,1-3H3;1H/q+1;/p-1/t15-,19-,20-,21-;/m0./s1. The van der Waals surface area contributed by atoms with E-state index in [-0.39, 0.29) is 52.7 Å². The molecule has 0 N–H and O–H groups in total. The number of hydrogen-bond acceptors (Lipinski definition) is 6. The van der Waals surface area contributed by atoms with Crippen molar-refractivity contribution in [2.24, 2.45) is 11.8 Å². The van der Waals surface area contributed by atoms with Crippen LogP contribution in [-0.4, -0.2) is 77.6 Å². The van der Waals surface area contributed by atoms with Gasteiger partial charge in [0.2, 0.25) is 11.8 Å². The van der Waals surface area contributed by atoms with Gasteiger partial charge in [0, 0.05) is 25.1 Å². The van der Waals surface area contributed by atoms with Gasteiger partial charge in [-0.05, 0) is 38.4 Å². The summed E-state index contributed by atoms with van der Waals surface area (Å²) in [5, 5.41) is 4.36. The first kappa shape index (κ1) is 24.9. The number of nitrogens with zero attached hydrogens (tertiary/aromatic N) is 4. The zero-order valence-electron chi connectivity index (χ0n) is 19.2. The van der Waals surface area contributed by atoms with Crippen LogP contribution in [0.2, 0.25) is 4.34 Å². The van der Waals surface area contributed by atoms with Crippen molar-refractivity contribution in [3.05, 3.63) is 28.2 Å². The molecule has 33 heavy (non-hydrogen) atoms. The molecule has 0 spiro atoms. The molecule has 5 rings (SSSR count). The van der Waals surface area contributed by atoms with E-state index in [1.54, 1.807) is 0 Å². The lowest BCUT2D eigenvalue weighted by molar-refractivity contribution is -0.888. The van der Waals surface area contributed by atoms with Crippen LogP contribution in [-0.2, 0) is 9.59 Å². The minimum absolute atomic E-state index is 0. The smallest absolute Gasteiger partial charge is 0.235 e. The Morgan fingerprint density at radius 3 is 2.70 bits per heavy atom. The van der Waals surface area contributed by atoms with E-state index in [1.165, 1.54) is 16.2 Å². The second-order valence-electron chi connectivity index (χ2n) is 9.82. The number of carbonyl (C=O) groups is 2. The molecule has 2 aromatic rings. The predicted octanol–water partition coefficient (Wildman–Crippen LogP) is 0.667. The molecule has 180 valence electrons. The Morgan fingerprint density at radius 1 is 1.24 bits per heavy atom. The summed E-state index contributed by atoms with van der Waals surface area (Å²) >= 11 is 7.52. The van der Waals surface area contributed by atoms with Crippen LogP contribution in [0, 0.1) is 11.8 Å². The second kappa shape index (κ2) is 9.41. The first-order chi connectivity index (χ1) is 15.3. The number of aromatic nitrogens is 1. The molecule has 10 heteroatoms. The fraction of sp³-hybridized carbons (Fsp3) is 0.609. The van der Waals surface area contributed by atoms with Gasteiger partial charge in [0.1, 0.15) is 5.69 Å². The van der Waals surface area contributed by atoms with Crippen molar-refractivity contribution in [2.45, 2.75) is 38.3 Å². The molecule has 0 unspecified atom stereocenters. The van der Waals surface area contributed by atoms with Crippen molar-refractivity contribution in [1.29, 1.82) is 0 Å². The van der Waals surface area contributed by atoms with Crippen molar-refractivity contribution < 1.29 is 35.6 Å². The van der Waals surface area contributed by atoms with E-state index < -0.39 is 0 Å². The Kier molecular flexibility index (Phi) is 7.09. The lowest BCUT2D eigenvalue weighted by Gasteiger charge is -2.30. The Hall–Kier alpha value is -1.26. The van der Waals surface area contributed by atoms with Crippen LogP contribution in [0.15, 0.2) is 22.7 Å².